The van der Waals surface area contributed by atoms with Gasteiger partial charge in [-0.2, -0.15) is 0 Å². The average Bonchev–Trinajstić information content (AvgIpc) is 3.09. The van der Waals surface area contributed by atoms with Crippen molar-refractivity contribution < 1.29 is 0 Å². The number of benzene rings is 2. The maximum atomic E-state index is 4.31. The monoisotopic (exact) mass is 319 g/mol. The largest absolute Gasteiger partial charge is 0.247 e. The zero-order valence-corrected chi connectivity index (χ0v) is 14.4. The van der Waals surface area contributed by atoms with Crippen LogP contribution in [0.15, 0.2) is 60.8 Å². The number of hydrogen-bond donors (Lipinski definition) is 0. The van der Waals surface area contributed by atoms with Gasteiger partial charge in [0, 0.05) is 5.56 Å². The van der Waals surface area contributed by atoms with Crippen molar-refractivity contribution in [3.05, 3.63) is 71.9 Å². The standard InChI is InChI=1S/C21H25N3/c1-2-3-4-6-9-18-12-14-20(15-13-18)21-17-24(23-22-21)16-19-10-7-5-8-11-19/h5,7-8,10-15,17H,2-4,6,9,16H2,1H3. The topological polar surface area (TPSA) is 30.7 Å². The van der Waals surface area contributed by atoms with E-state index in [1.807, 2.05) is 29.1 Å². The summed E-state index contributed by atoms with van der Waals surface area (Å²) in [7, 11) is 0. The van der Waals surface area contributed by atoms with Crippen LogP contribution in [0.25, 0.3) is 11.3 Å². The molecule has 24 heavy (non-hydrogen) atoms. The Balaban J connectivity index is 1.60. The zero-order valence-electron chi connectivity index (χ0n) is 14.4. The van der Waals surface area contributed by atoms with Crippen molar-refractivity contribution in [3.63, 3.8) is 0 Å². The summed E-state index contributed by atoms with van der Waals surface area (Å²) >= 11 is 0. The number of aromatic nitrogens is 3. The van der Waals surface area contributed by atoms with Crippen molar-refractivity contribution in [2.24, 2.45) is 0 Å². The molecule has 0 bridgehead atoms. The van der Waals surface area contributed by atoms with Crippen molar-refractivity contribution in [3.8, 4) is 11.3 Å². The normalized spacial score (nSPS) is 10.9. The van der Waals surface area contributed by atoms with E-state index in [-0.39, 0.29) is 0 Å². The van der Waals surface area contributed by atoms with E-state index >= 15 is 0 Å². The molecule has 0 fully saturated rings. The van der Waals surface area contributed by atoms with Gasteiger partial charge in [0.05, 0.1) is 12.7 Å². The SMILES string of the molecule is CCCCCCc1ccc(-c2cn(Cc3ccccc3)nn2)cc1. The van der Waals surface area contributed by atoms with Gasteiger partial charge < -0.3 is 0 Å². The first kappa shape index (κ1) is 16.4. The molecule has 0 radical (unpaired) electrons. The van der Waals surface area contributed by atoms with Gasteiger partial charge in [0.25, 0.3) is 0 Å². The number of rotatable bonds is 8. The van der Waals surface area contributed by atoms with E-state index in [9.17, 15) is 0 Å². The second-order valence-electron chi connectivity index (χ2n) is 6.29. The number of unbranched alkanes of at least 4 members (excludes halogenated alkanes) is 3. The first-order chi connectivity index (χ1) is 11.8. The molecule has 1 aromatic heterocycles. The molecule has 2 aromatic carbocycles. The van der Waals surface area contributed by atoms with E-state index < -0.39 is 0 Å². The predicted molar refractivity (Wildman–Crippen MR) is 98.8 cm³/mol. The van der Waals surface area contributed by atoms with Gasteiger partial charge in [-0.05, 0) is 24.0 Å². The summed E-state index contributed by atoms with van der Waals surface area (Å²) in [6.45, 7) is 3.00. The lowest BCUT2D eigenvalue weighted by atomic mass is 10.0. The third-order valence-electron chi connectivity index (χ3n) is 4.29. The summed E-state index contributed by atoms with van der Waals surface area (Å²) in [5.41, 5.74) is 4.71. The lowest BCUT2D eigenvalue weighted by Crippen LogP contribution is -1.99. The molecule has 0 saturated carbocycles. The first-order valence-corrected chi connectivity index (χ1v) is 8.88. The summed E-state index contributed by atoms with van der Waals surface area (Å²) in [5.74, 6) is 0. The summed E-state index contributed by atoms with van der Waals surface area (Å²) in [5, 5.41) is 8.56. The highest BCUT2D eigenvalue weighted by Gasteiger charge is 2.04. The van der Waals surface area contributed by atoms with Crippen LogP contribution in [-0.2, 0) is 13.0 Å². The fraction of sp³-hybridized carbons (Fsp3) is 0.333. The smallest absolute Gasteiger partial charge is 0.113 e. The quantitative estimate of drug-likeness (QED) is 0.540. The van der Waals surface area contributed by atoms with Gasteiger partial charge in [0.1, 0.15) is 5.69 Å². The van der Waals surface area contributed by atoms with Crippen LogP contribution in [0, 0.1) is 0 Å². The molecule has 3 aromatic rings. The minimum absolute atomic E-state index is 0.753. The fourth-order valence-electron chi connectivity index (χ4n) is 2.88. The second-order valence-corrected chi connectivity index (χ2v) is 6.29. The van der Waals surface area contributed by atoms with Gasteiger partial charge in [0.2, 0.25) is 0 Å². The van der Waals surface area contributed by atoms with Gasteiger partial charge in [-0.15, -0.1) is 5.10 Å². The molecule has 0 unspecified atom stereocenters. The third kappa shape index (κ3) is 4.54. The Bertz CT molecular complexity index is 729. The molecule has 0 atom stereocenters. The maximum Gasteiger partial charge on any atom is 0.113 e. The Morgan fingerprint density at radius 2 is 1.62 bits per heavy atom. The van der Waals surface area contributed by atoms with Crippen LogP contribution in [0.3, 0.4) is 0 Å². The minimum atomic E-state index is 0.753. The molecule has 3 heteroatoms. The van der Waals surface area contributed by atoms with E-state index in [4.69, 9.17) is 0 Å². The van der Waals surface area contributed by atoms with Crippen LogP contribution in [0.1, 0.15) is 43.7 Å². The van der Waals surface area contributed by atoms with Crippen LogP contribution in [-0.4, -0.2) is 15.0 Å². The Kier molecular flexibility index (Phi) is 5.78. The molecule has 124 valence electrons. The van der Waals surface area contributed by atoms with Gasteiger partial charge in [-0.1, -0.05) is 86.0 Å². The fourth-order valence-corrected chi connectivity index (χ4v) is 2.88. The molecular formula is C21H25N3. The molecule has 1 heterocycles. The van der Waals surface area contributed by atoms with Crippen molar-refractivity contribution >= 4 is 0 Å². The lowest BCUT2D eigenvalue weighted by molar-refractivity contribution is 0.650. The molecule has 0 N–H and O–H groups in total. The molecule has 0 aliphatic heterocycles. The molecule has 3 nitrogen and oxygen atoms in total. The number of aryl methyl sites for hydroxylation is 1. The molecule has 0 aliphatic carbocycles. The van der Waals surface area contributed by atoms with E-state index in [1.54, 1.807) is 0 Å². The highest BCUT2D eigenvalue weighted by molar-refractivity contribution is 5.58. The van der Waals surface area contributed by atoms with E-state index in [2.05, 4.69) is 53.6 Å². The highest BCUT2D eigenvalue weighted by atomic mass is 15.4. The minimum Gasteiger partial charge on any atom is -0.247 e. The van der Waals surface area contributed by atoms with E-state index in [0.717, 1.165) is 17.8 Å². The summed E-state index contributed by atoms with van der Waals surface area (Å²) < 4.78 is 1.89. The Labute approximate surface area is 144 Å². The molecule has 0 amide bonds. The van der Waals surface area contributed by atoms with Crippen LogP contribution >= 0.6 is 0 Å². The lowest BCUT2D eigenvalue weighted by Gasteiger charge is -2.02. The summed E-state index contributed by atoms with van der Waals surface area (Å²) in [4.78, 5) is 0. The van der Waals surface area contributed by atoms with Crippen LogP contribution < -0.4 is 0 Å². The van der Waals surface area contributed by atoms with Crippen molar-refractivity contribution in [1.82, 2.24) is 15.0 Å². The van der Waals surface area contributed by atoms with E-state index in [1.165, 1.54) is 43.2 Å². The molecule has 3 rings (SSSR count). The van der Waals surface area contributed by atoms with E-state index in [0.29, 0.717) is 0 Å². The summed E-state index contributed by atoms with van der Waals surface area (Å²) in [6, 6.07) is 19.1. The van der Waals surface area contributed by atoms with Gasteiger partial charge in [0.15, 0.2) is 0 Å². The summed E-state index contributed by atoms with van der Waals surface area (Å²) in [6.07, 6.45) is 8.41. The van der Waals surface area contributed by atoms with Crippen LogP contribution in [0.2, 0.25) is 0 Å². The second kappa shape index (κ2) is 8.44. The highest BCUT2D eigenvalue weighted by Crippen LogP contribution is 2.18. The molecular weight excluding hydrogens is 294 g/mol. The first-order valence-electron chi connectivity index (χ1n) is 8.88. The third-order valence-corrected chi connectivity index (χ3v) is 4.29. The molecule has 0 aliphatic rings. The van der Waals surface area contributed by atoms with Crippen LogP contribution in [0.4, 0.5) is 0 Å². The Morgan fingerprint density at radius 3 is 2.38 bits per heavy atom. The Morgan fingerprint density at radius 1 is 0.833 bits per heavy atom. The Hall–Kier alpha value is -2.42. The zero-order chi connectivity index (χ0) is 16.6. The van der Waals surface area contributed by atoms with Gasteiger partial charge >= 0.3 is 0 Å². The van der Waals surface area contributed by atoms with Crippen molar-refractivity contribution in [2.75, 3.05) is 0 Å². The van der Waals surface area contributed by atoms with Gasteiger partial charge in [-0.3, -0.25) is 0 Å². The molecule has 0 spiro atoms. The van der Waals surface area contributed by atoms with Crippen molar-refractivity contribution in [2.45, 2.75) is 45.6 Å². The maximum absolute atomic E-state index is 4.31. The van der Waals surface area contributed by atoms with Crippen LogP contribution in [0.5, 0.6) is 0 Å². The number of nitrogens with zero attached hydrogens (tertiary/aromatic N) is 3. The predicted octanol–water partition coefficient (Wildman–Crippen LogP) is 5.12. The number of hydrogen-bond acceptors (Lipinski definition) is 2. The molecule has 0 saturated heterocycles. The van der Waals surface area contributed by atoms with Gasteiger partial charge in [-0.25, -0.2) is 4.68 Å². The van der Waals surface area contributed by atoms with Crippen molar-refractivity contribution in [1.29, 1.82) is 0 Å². The average molecular weight is 319 g/mol.